The monoisotopic (exact) mass is 341 g/mol. The van der Waals surface area contributed by atoms with Crippen molar-refractivity contribution in [2.24, 2.45) is 0 Å². The number of hydrogen-bond acceptors (Lipinski definition) is 4. The number of hydrogen-bond donors (Lipinski definition) is 2. The molecule has 0 unspecified atom stereocenters. The Morgan fingerprint density at radius 2 is 1.72 bits per heavy atom. The number of pyridine rings is 1. The van der Waals surface area contributed by atoms with Crippen molar-refractivity contribution in [3.05, 3.63) is 65.0 Å². The van der Waals surface area contributed by atoms with Gasteiger partial charge in [0.1, 0.15) is 11.4 Å². The zero-order valence-electron chi connectivity index (χ0n) is 14.5. The minimum Gasteiger partial charge on any atom is -0.385 e. The maximum atomic E-state index is 12.3. The van der Waals surface area contributed by atoms with Crippen molar-refractivity contribution in [2.75, 3.05) is 20.3 Å². The fraction of sp³-hybridized carbons (Fsp3) is 0.316. The van der Waals surface area contributed by atoms with Gasteiger partial charge in [0.25, 0.3) is 11.8 Å². The Hall–Kier alpha value is -2.73. The summed E-state index contributed by atoms with van der Waals surface area (Å²) in [7, 11) is 1.61. The highest BCUT2D eigenvalue weighted by atomic mass is 16.5. The van der Waals surface area contributed by atoms with E-state index in [-0.39, 0.29) is 23.2 Å². The summed E-state index contributed by atoms with van der Waals surface area (Å²) in [6.45, 7) is 3.49. The van der Waals surface area contributed by atoms with Crippen LogP contribution in [0.5, 0.6) is 0 Å². The average Bonchev–Trinajstić information content (AvgIpc) is 2.63. The fourth-order valence-corrected chi connectivity index (χ4v) is 2.29. The highest BCUT2D eigenvalue weighted by Crippen LogP contribution is 2.05. The summed E-state index contributed by atoms with van der Waals surface area (Å²) < 4.78 is 4.93. The number of nitrogens with zero attached hydrogens (tertiary/aromatic N) is 1. The molecule has 2 aromatic rings. The molecule has 0 atom stereocenters. The molecule has 2 rings (SSSR count). The second kappa shape index (κ2) is 9.54. The summed E-state index contributed by atoms with van der Waals surface area (Å²) in [4.78, 5) is 28.5. The van der Waals surface area contributed by atoms with Gasteiger partial charge in [-0.3, -0.25) is 9.59 Å². The molecule has 2 amide bonds. The maximum Gasteiger partial charge on any atom is 0.270 e. The number of methoxy groups -OCH3 is 1. The van der Waals surface area contributed by atoms with Gasteiger partial charge >= 0.3 is 0 Å². The number of ether oxygens (including phenoxy) is 1. The van der Waals surface area contributed by atoms with Crippen LogP contribution in [0.4, 0.5) is 0 Å². The van der Waals surface area contributed by atoms with E-state index >= 15 is 0 Å². The van der Waals surface area contributed by atoms with Crippen LogP contribution in [-0.2, 0) is 11.3 Å². The third-order valence-corrected chi connectivity index (χ3v) is 3.56. The molecular formula is C19H23N3O3. The summed E-state index contributed by atoms with van der Waals surface area (Å²) in [6.07, 6.45) is 0.721. The Morgan fingerprint density at radius 3 is 2.40 bits per heavy atom. The van der Waals surface area contributed by atoms with Crippen LogP contribution < -0.4 is 10.6 Å². The Bertz CT molecular complexity index is 731. The molecule has 0 bridgehead atoms. The van der Waals surface area contributed by atoms with E-state index in [1.165, 1.54) is 0 Å². The van der Waals surface area contributed by atoms with Gasteiger partial charge in [-0.15, -0.1) is 0 Å². The van der Waals surface area contributed by atoms with Gasteiger partial charge in [-0.05, 0) is 31.0 Å². The van der Waals surface area contributed by atoms with E-state index in [9.17, 15) is 9.59 Å². The fourth-order valence-electron chi connectivity index (χ4n) is 2.29. The first-order valence-corrected chi connectivity index (χ1v) is 8.18. The molecule has 0 aliphatic carbocycles. The number of carbonyl (C=O) groups is 2. The van der Waals surface area contributed by atoms with Crippen LogP contribution in [0.3, 0.4) is 0 Å². The lowest BCUT2D eigenvalue weighted by Crippen LogP contribution is -2.28. The first kappa shape index (κ1) is 18.6. The van der Waals surface area contributed by atoms with E-state index in [1.54, 1.807) is 25.3 Å². The van der Waals surface area contributed by atoms with Crippen molar-refractivity contribution in [3.63, 3.8) is 0 Å². The molecule has 0 saturated heterocycles. The number of rotatable bonds is 8. The van der Waals surface area contributed by atoms with E-state index in [4.69, 9.17) is 4.74 Å². The van der Waals surface area contributed by atoms with Crippen molar-refractivity contribution >= 4 is 11.8 Å². The summed E-state index contributed by atoms with van der Waals surface area (Å²) in [5.41, 5.74) is 2.59. The molecule has 0 radical (unpaired) electrons. The second-order valence-electron chi connectivity index (χ2n) is 5.68. The minimum atomic E-state index is -0.310. The van der Waals surface area contributed by atoms with Crippen molar-refractivity contribution in [1.82, 2.24) is 15.6 Å². The van der Waals surface area contributed by atoms with Crippen LogP contribution in [0.2, 0.25) is 0 Å². The summed E-state index contributed by atoms with van der Waals surface area (Å²) in [5, 5.41) is 5.57. The van der Waals surface area contributed by atoms with Crippen LogP contribution in [0.15, 0.2) is 42.5 Å². The lowest BCUT2D eigenvalue weighted by Gasteiger charge is -2.08. The van der Waals surface area contributed by atoms with Crippen LogP contribution in [0.1, 0.15) is 38.5 Å². The lowest BCUT2D eigenvalue weighted by molar-refractivity contribution is 0.0940. The predicted octanol–water partition coefficient (Wildman–Crippen LogP) is 2.09. The molecule has 25 heavy (non-hydrogen) atoms. The Labute approximate surface area is 147 Å². The molecule has 0 spiro atoms. The van der Waals surface area contributed by atoms with Gasteiger partial charge in [-0.2, -0.15) is 0 Å². The first-order chi connectivity index (χ1) is 12.1. The predicted molar refractivity (Wildman–Crippen MR) is 95.4 cm³/mol. The molecule has 0 fully saturated rings. The number of aryl methyl sites for hydroxylation is 1. The normalized spacial score (nSPS) is 10.3. The molecule has 2 N–H and O–H groups in total. The highest BCUT2D eigenvalue weighted by molar-refractivity contribution is 5.96. The van der Waals surface area contributed by atoms with Crippen molar-refractivity contribution in [3.8, 4) is 0 Å². The van der Waals surface area contributed by atoms with E-state index in [2.05, 4.69) is 15.6 Å². The van der Waals surface area contributed by atoms with E-state index < -0.39 is 0 Å². The molecular weight excluding hydrogens is 318 g/mol. The van der Waals surface area contributed by atoms with Crippen LogP contribution >= 0.6 is 0 Å². The third kappa shape index (κ3) is 6.00. The van der Waals surface area contributed by atoms with Gasteiger partial charge in [-0.25, -0.2) is 4.98 Å². The van der Waals surface area contributed by atoms with Crippen molar-refractivity contribution in [2.45, 2.75) is 19.9 Å². The maximum absolute atomic E-state index is 12.3. The zero-order valence-corrected chi connectivity index (χ0v) is 14.5. The van der Waals surface area contributed by atoms with Crippen LogP contribution in [0.25, 0.3) is 0 Å². The molecule has 1 heterocycles. The van der Waals surface area contributed by atoms with Gasteiger partial charge < -0.3 is 15.4 Å². The van der Waals surface area contributed by atoms with Gasteiger partial charge in [0.2, 0.25) is 0 Å². The number of nitrogens with one attached hydrogen (secondary N) is 2. The summed E-state index contributed by atoms with van der Waals surface area (Å²) in [5.74, 6) is -0.611. The lowest BCUT2D eigenvalue weighted by atomic mass is 10.1. The number of amides is 2. The second-order valence-corrected chi connectivity index (χ2v) is 5.68. The molecule has 1 aromatic heterocycles. The van der Waals surface area contributed by atoms with Crippen molar-refractivity contribution < 1.29 is 14.3 Å². The van der Waals surface area contributed by atoms with Gasteiger partial charge in [0.15, 0.2) is 0 Å². The van der Waals surface area contributed by atoms with Gasteiger partial charge in [0, 0.05) is 26.8 Å². The average molecular weight is 341 g/mol. The molecule has 6 nitrogen and oxygen atoms in total. The first-order valence-electron chi connectivity index (χ1n) is 8.18. The smallest absolute Gasteiger partial charge is 0.270 e. The zero-order chi connectivity index (χ0) is 18.1. The van der Waals surface area contributed by atoms with Crippen LogP contribution in [0, 0.1) is 6.92 Å². The van der Waals surface area contributed by atoms with E-state index in [1.807, 2.05) is 31.2 Å². The minimum absolute atomic E-state index is 0.220. The standard InChI is InChI=1S/C19H23N3O3/c1-14-6-3-7-15(12-14)13-21-19(24)17-9-4-8-16(22-17)18(23)20-10-5-11-25-2/h3-4,6-9,12H,5,10-11,13H2,1-2H3,(H,20,23)(H,21,24). The largest absolute Gasteiger partial charge is 0.385 e. The molecule has 6 heteroatoms. The Kier molecular flexibility index (Phi) is 7.10. The SMILES string of the molecule is COCCCNC(=O)c1cccc(C(=O)NCc2cccc(C)c2)n1. The molecule has 0 saturated carbocycles. The Balaban J connectivity index is 1.93. The highest BCUT2D eigenvalue weighted by Gasteiger charge is 2.12. The molecule has 0 aliphatic rings. The van der Waals surface area contributed by atoms with Gasteiger partial charge in [0.05, 0.1) is 0 Å². The Morgan fingerprint density at radius 1 is 1.04 bits per heavy atom. The quantitative estimate of drug-likeness (QED) is 0.721. The topological polar surface area (TPSA) is 80.3 Å². The van der Waals surface area contributed by atoms with Gasteiger partial charge in [-0.1, -0.05) is 35.9 Å². The molecule has 132 valence electrons. The molecule has 0 aliphatic heterocycles. The van der Waals surface area contributed by atoms with E-state index in [0.29, 0.717) is 19.7 Å². The number of aromatic nitrogens is 1. The summed E-state index contributed by atoms with van der Waals surface area (Å²) >= 11 is 0. The van der Waals surface area contributed by atoms with E-state index in [0.717, 1.165) is 17.5 Å². The molecule has 1 aromatic carbocycles. The summed E-state index contributed by atoms with van der Waals surface area (Å²) in [6, 6.07) is 12.7. The van der Waals surface area contributed by atoms with Crippen LogP contribution in [-0.4, -0.2) is 37.1 Å². The number of benzene rings is 1. The van der Waals surface area contributed by atoms with Crippen molar-refractivity contribution in [1.29, 1.82) is 0 Å². The number of carbonyl (C=O) groups excluding carboxylic acids is 2. The third-order valence-electron chi connectivity index (χ3n) is 3.56.